The number of nitrogens with two attached hydrogens (primary N) is 1. The summed E-state index contributed by atoms with van der Waals surface area (Å²) in [5, 5.41) is 0.972. The number of benzene rings is 1. The molecule has 3 rings (SSSR count). The predicted molar refractivity (Wildman–Crippen MR) is 78.4 cm³/mol. The fourth-order valence-corrected chi connectivity index (χ4v) is 2.45. The van der Waals surface area contributed by atoms with Gasteiger partial charge < -0.3 is 10.3 Å². The molecule has 96 valence electrons. The predicted octanol–water partition coefficient (Wildman–Crippen LogP) is 3.52. The molecular weight excluding hydrogens is 283 g/mol. The lowest BCUT2D eigenvalue weighted by molar-refractivity contribution is 0.942. The fraction of sp³-hybridized carbons (Fsp3) is 0.0769. The van der Waals surface area contributed by atoms with Crippen LogP contribution in [0.1, 0.15) is 0 Å². The minimum absolute atomic E-state index is 0.424. The second-order valence-electron chi connectivity index (χ2n) is 4.16. The van der Waals surface area contributed by atoms with Crippen LogP contribution in [-0.4, -0.2) is 14.5 Å². The van der Waals surface area contributed by atoms with Gasteiger partial charge in [0, 0.05) is 13.2 Å². The summed E-state index contributed by atoms with van der Waals surface area (Å²) < 4.78 is 1.85. The number of halogens is 2. The van der Waals surface area contributed by atoms with E-state index in [0.717, 1.165) is 11.2 Å². The van der Waals surface area contributed by atoms with Crippen LogP contribution in [0, 0.1) is 0 Å². The number of aryl methyl sites for hydroxylation is 1. The SMILES string of the molecule is Cn1c(-c2c(Cl)ccc(Cl)c2N)nc2cccnc21. The van der Waals surface area contributed by atoms with Gasteiger partial charge in [-0.2, -0.15) is 0 Å². The molecule has 4 nitrogen and oxygen atoms in total. The zero-order valence-electron chi connectivity index (χ0n) is 10.1. The quantitative estimate of drug-likeness (QED) is 0.698. The Morgan fingerprint density at radius 1 is 1.16 bits per heavy atom. The Morgan fingerprint density at radius 2 is 1.89 bits per heavy atom. The van der Waals surface area contributed by atoms with E-state index < -0.39 is 0 Å². The molecule has 0 aliphatic carbocycles. The molecule has 0 saturated heterocycles. The van der Waals surface area contributed by atoms with Crippen molar-refractivity contribution < 1.29 is 0 Å². The van der Waals surface area contributed by atoms with Crippen LogP contribution in [0.25, 0.3) is 22.6 Å². The number of fused-ring (bicyclic) bond motifs is 1. The third kappa shape index (κ3) is 1.84. The van der Waals surface area contributed by atoms with Crippen LogP contribution in [0.4, 0.5) is 5.69 Å². The molecule has 0 bridgehead atoms. The summed E-state index contributed by atoms with van der Waals surface area (Å²) in [6.07, 6.45) is 1.72. The number of nitrogens with zero attached hydrogens (tertiary/aromatic N) is 3. The molecule has 3 aromatic rings. The van der Waals surface area contributed by atoms with Gasteiger partial charge >= 0.3 is 0 Å². The minimum atomic E-state index is 0.424. The van der Waals surface area contributed by atoms with Crippen LogP contribution in [-0.2, 0) is 7.05 Å². The third-order valence-electron chi connectivity index (χ3n) is 2.99. The van der Waals surface area contributed by atoms with Crippen LogP contribution < -0.4 is 5.73 Å². The van der Waals surface area contributed by atoms with E-state index in [2.05, 4.69) is 9.97 Å². The molecule has 0 aliphatic rings. The highest BCUT2D eigenvalue weighted by Crippen LogP contribution is 2.37. The molecule has 0 atom stereocenters. The Morgan fingerprint density at radius 3 is 2.63 bits per heavy atom. The molecule has 2 aromatic heterocycles. The highest BCUT2D eigenvalue weighted by atomic mass is 35.5. The van der Waals surface area contributed by atoms with E-state index in [1.165, 1.54) is 0 Å². The van der Waals surface area contributed by atoms with Crippen molar-refractivity contribution in [1.29, 1.82) is 0 Å². The Hall–Kier alpha value is -1.78. The lowest BCUT2D eigenvalue weighted by Crippen LogP contribution is -1.99. The number of nitrogen functional groups attached to an aromatic ring is 1. The monoisotopic (exact) mass is 292 g/mol. The topological polar surface area (TPSA) is 56.7 Å². The molecule has 19 heavy (non-hydrogen) atoms. The van der Waals surface area contributed by atoms with Crippen LogP contribution in [0.5, 0.6) is 0 Å². The molecule has 0 amide bonds. The van der Waals surface area contributed by atoms with Crippen molar-refractivity contribution in [2.45, 2.75) is 0 Å². The minimum Gasteiger partial charge on any atom is -0.397 e. The summed E-state index contributed by atoms with van der Waals surface area (Å²) in [7, 11) is 1.87. The van der Waals surface area contributed by atoms with E-state index in [9.17, 15) is 0 Å². The van der Waals surface area contributed by atoms with Crippen LogP contribution in [0.2, 0.25) is 10.0 Å². The first-order valence-corrected chi connectivity index (χ1v) is 6.36. The van der Waals surface area contributed by atoms with Crippen molar-refractivity contribution in [2.24, 2.45) is 7.05 Å². The summed E-state index contributed by atoms with van der Waals surface area (Å²) in [6, 6.07) is 7.11. The Bertz CT molecular complexity index is 780. The molecule has 6 heteroatoms. The number of pyridine rings is 1. The van der Waals surface area contributed by atoms with Gasteiger partial charge in [0.2, 0.25) is 0 Å². The summed E-state index contributed by atoms with van der Waals surface area (Å²) in [4.78, 5) is 8.81. The smallest absolute Gasteiger partial charge is 0.160 e. The van der Waals surface area contributed by atoms with Gasteiger partial charge in [0.15, 0.2) is 5.65 Å². The molecule has 0 fully saturated rings. The average molecular weight is 293 g/mol. The number of aromatic nitrogens is 3. The molecular formula is C13H10Cl2N4. The lowest BCUT2D eigenvalue weighted by Gasteiger charge is -2.09. The van der Waals surface area contributed by atoms with Gasteiger partial charge in [-0.3, -0.25) is 0 Å². The number of imidazole rings is 1. The molecule has 0 radical (unpaired) electrons. The summed E-state index contributed by atoms with van der Waals surface area (Å²) in [6.45, 7) is 0. The first-order valence-electron chi connectivity index (χ1n) is 5.61. The zero-order valence-corrected chi connectivity index (χ0v) is 11.6. The summed E-state index contributed by atoms with van der Waals surface area (Å²) in [5.74, 6) is 0.652. The highest BCUT2D eigenvalue weighted by molar-refractivity contribution is 6.37. The number of rotatable bonds is 1. The van der Waals surface area contributed by atoms with Gasteiger partial charge in [0.1, 0.15) is 11.3 Å². The number of hydrogen-bond donors (Lipinski definition) is 1. The van der Waals surface area contributed by atoms with Gasteiger partial charge in [-0.05, 0) is 24.3 Å². The maximum Gasteiger partial charge on any atom is 0.160 e. The van der Waals surface area contributed by atoms with Crippen molar-refractivity contribution in [3.63, 3.8) is 0 Å². The maximum atomic E-state index is 6.22. The number of hydrogen-bond acceptors (Lipinski definition) is 3. The summed E-state index contributed by atoms with van der Waals surface area (Å²) >= 11 is 12.3. The second kappa shape index (κ2) is 4.40. The van der Waals surface area contributed by atoms with Crippen molar-refractivity contribution in [3.8, 4) is 11.4 Å². The van der Waals surface area contributed by atoms with Gasteiger partial charge in [-0.1, -0.05) is 23.2 Å². The normalized spacial score (nSPS) is 11.1. The van der Waals surface area contributed by atoms with E-state index in [4.69, 9.17) is 28.9 Å². The van der Waals surface area contributed by atoms with Crippen molar-refractivity contribution >= 4 is 40.1 Å². The van der Waals surface area contributed by atoms with Crippen molar-refractivity contribution in [1.82, 2.24) is 14.5 Å². The number of anilines is 1. The first kappa shape index (κ1) is 12.3. The lowest BCUT2D eigenvalue weighted by atomic mass is 10.1. The molecule has 2 heterocycles. The van der Waals surface area contributed by atoms with Crippen LogP contribution in [0.15, 0.2) is 30.5 Å². The van der Waals surface area contributed by atoms with E-state index in [-0.39, 0.29) is 0 Å². The molecule has 0 spiro atoms. The Balaban J connectivity index is 2.37. The molecule has 1 aromatic carbocycles. The molecule has 0 unspecified atom stereocenters. The second-order valence-corrected chi connectivity index (χ2v) is 4.97. The fourth-order valence-electron chi connectivity index (χ4n) is 2.04. The van der Waals surface area contributed by atoms with Gasteiger partial charge in [0.05, 0.1) is 21.3 Å². The van der Waals surface area contributed by atoms with Crippen LogP contribution >= 0.6 is 23.2 Å². The van der Waals surface area contributed by atoms with Gasteiger partial charge in [-0.25, -0.2) is 9.97 Å². The standard InChI is InChI=1S/C13H10Cl2N4/c1-19-12-9(3-2-6-17-12)18-13(19)10-7(14)4-5-8(15)11(10)16/h2-6H,16H2,1H3. The molecule has 0 aliphatic heterocycles. The Labute approximate surface area is 119 Å². The Kier molecular flexibility index (Phi) is 2.84. The van der Waals surface area contributed by atoms with E-state index >= 15 is 0 Å². The highest BCUT2D eigenvalue weighted by Gasteiger charge is 2.17. The zero-order chi connectivity index (χ0) is 13.6. The molecule has 0 saturated carbocycles. The maximum absolute atomic E-state index is 6.22. The first-order chi connectivity index (χ1) is 9.09. The van der Waals surface area contributed by atoms with Crippen LogP contribution in [0.3, 0.4) is 0 Å². The molecule has 2 N–H and O–H groups in total. The van der Waals surface area contributed by atoms with E-state index in [1.807, 2.05) is 23.7 Å². The third-order valence-corrected chi connectivity index (χ3v) is 3.64. The van der Waals surface area contributed by atoms with E-state index in [1.54, 1.807) is 18.3 Å². The average Bonchev–Trinajstić information content (AvgIpc) is 2.73. The van der Waals surface area contributed by atoms with Gasteiger partial charge in [-0.15, -0.1) is 0 Å². The van der Waals surface area contributed by atoms with E-state index in [0.29, 0.717) is 27.1 Å². The van der Waals surface area contributed by atoms with Crippen molar-refractivity contribution in [2.75, 3.05) is 5.73 Å². The van der Waals surface area contributed by atoms with Gasteiger partial charge in [0.25, 0.3) is 0 Å². The largest absolute Gasteiger partial charge is 0.397 e. The van der Waals surface area contributed by atoms with Crippen molar-refractivity contribution in [3.05, 3.63) is 40.5 Å². The summed E-state index contributed by atoms with van der Waals surface area (Å²) in [5.41, 5.74) is 8.63.